The number of hydrogen-bond acceptors (Lipinski definition) is 2. The van der Waals surface area contributed by atoms with Crippen molar-refractivity contribution in [3.8, 4) is 21.8 Å². The lowest BCUT2D eigenvalue weighted by molar-refractivity contribution is 0.835. The monoisotopic (exact) mass is 266 g/mol. The molecule has 2 heterocycles. The van der Waals surface area contributed by atoms with Crippen molar-refractivity contribution in [3.05, 3.63) is 52.9 Å². The Morgan fingerprint density at radius 1 is 1.05 bits per heavy atom. The molecule has 0 unspecified atom stereocenters. The Hall–Kier alpha value is -1.87. The highest BCUT2D eigenvalue weighted by Gasteiger charge is 2.21. The molecule has 19 heavy (non-hydrogen) atoms. The van der Waals surface area contributed by atoms with Gasteiger partial charge in [0.2, 0.25) is 0 Å². The molecule has 2 aromatic heterocycles. The highest BCUT2D eigenvalue weighted by atomic mass is 32.1. The first kappa shape index (κ1) is 11.0. The van der Waals surface area contributed by atoms with Crippen LogP contribution < -0.4 is 0 Å². The van der Waals surface area contributed by atoms with Crippen LogP contribution in [-0.2, 0) is 12.8 Å². The largest absolute Gasteiger partial charge is 0.276 e. The van der Waals surface area contributed by atoms with Crippen LogP contribution >= 0.6 is 11.3 Å². The van der Waals surface area contributed by atoms with Gasteiger partial charge in [-0.1, -0.05) is 30.3 Å². The molecule has 4 rings (SSSR count). The molecule has 0 bridgehead atoms. The summed E-state index contributed by atoms with van der Waals surface area (Å²) in [6.45, 7) is 0. The summed E-state index contributed by atoms with van der Waals surface area (Å²) in [4.78, 5) is 1.29. The van der Waals surface area contributed by atoms with Gasteiger partial charge in [0.25, 0.3) is 0 Å². The van der Waals surface area contributed by atoms with E-state index in [-0.39, 0.29) is 0 Å². The number of aryl methyl sites for hydroxylation is 1. The van der Waals surface area contributed by atoms with Crippen LogP contribution in [0.15, 0.2) is 41.8 Å². The molecule has 3 heteroatoms. The molecule has 2 nitrogen and oxygen atoms in total. The number of aromatic nitrogens is 2. The van der Waals surface area contributed by atoms with Crippen molar-refractivity contribution in [2.24, 2.45) is 0 Å². The molecule has 1 N–H and O–H groups in total. The SMILES string of the molecule is c1csc(-c2[nH]nc3c2CCCc2ccccc2-3)c1. The predicted octanol–water partition coefficient (Wildman–Crippen LogP) is 4.29. The molecule has 0 saturated heterocycles. The van der Waals surface area contributed by atoms with E-state index in [1.54, 1.807) is 11.3 Å². The summed E-state index contributed by atoms with van der Waals surface area (Å²) in [6, 6.07) is 12.9. The van der Waals surface area contributed by atoms with E-state index in [1.165, 1.54) is 33.7 Å². The number of benzene rings is 1. The van der Waals surface area contributed by atoms with Gasteiger partial charge >= 0.3 is 0 Å². The van der Waals surface area contributed by atoms with Gasteiger partial charge < -0.3 is 0 Å². The highest BCUT2D eigenvalue weighted by Crippen LogP contribution is 2.37. The van der Waals surface area contributed by atoms with E-state index in [1.807, 2.05) is 0 Å². The van der Waals surface area contributed by atoms with Gasteiger partial charge in [-0.05, 0) is 36.3 Å². The summed E-state index contributed by atoms with van der Waals surface area (Å²) in [5.74, 6) is 0. The van der Waals surface area contributed by atoms with Gasteiger partial charge in [0.1, 0.15) is 0 Å². The Kier molecular flexibility index (Phi) is 2.52. The number of hydrogen-bond donors (Lipinski definition) is 1. The maximum Gasteiger partial charge on any atom is 0.0962 e. The van der Waals surface area contributed by atoms with Crippen molar-refractivity contribution in [2.75, 3.05) is 0 Å². The molecular formula is C16H14N2S. The highest BCUT2D eigenvalue weighted by molar-refractivity contribution is 7.13. The van der Waals surface area contributed by atoms with Gasteiger partial charge in [0, 0.05) is 11.1 Å². The third-order valence-electron chi connectivity index (χ3n) is 3.78. The van der Waals surface area contributed by atoms with Crippen LogP contribution in [0.3, 0.4) is 0 Å². The Morgan fingerprint density at radius 2 is 2.00 bits per heavy atom. The van der Waals surface area contributed by atoms with Gasteiger partial charge in [-0.3, -0.25) is 5.10 Å². The summed E-state index contributed by atoms with van der Waals surface area (Å²) in [6.07, 6.45) is 3.45. The van der Waals surface area contributed by atoms with Crippen molar-refractivity contribution in [1.29, 1.82) is 0 Å². The van der Waals surface area contributed by atoms with Crippen LogP contribution in [0.4, 0.5) is 0 Å². The minimum absolute atomic E-state index is 1.10. The van der Waals surface area contributed by atoms with Crippen molar-refractivity contribution >= 4 is 11.3 Å². The fourth-order valence-electron chi connectivity index (χ4n) is 2.88. The molecule has 1 aromatic carbocycles. The summed E-state index contributed by atoms with van der Waals surface area (Å²) in [5, 5.41) is 9.96. The molecule has 0 atom stereocenters. The topological polar surface area (TPSA) is 28.7 Å². The molecule has 0 aliphatic heterocycles. The van der Waals surface area contributed by atoms with Crippen LogP contribution in [0, 0.1) is 0 Å². The van der Waals surface area contributed by atoms with Crippen molar-refractivity contribution in [3.63, 3.8) is 0 Å². The third-order valence-corrected chi connectivity index (χ3v) is 4.67. The number of fused-ring (bicyclic) bond motifs is 3. The summed E-state index contributed by atoms with van der Waals surface area (Å²) in [5.41, 5.74) is 6.46. The Labute approximate surface area is 116 Å². The average Bonchev–Trinajstić information content (AvgIpc) is 3.05. The lowest BCUT2D eigenvalue weighted by atomic mass is 10.0. The van der Waals surface area contributed by atoms with E-state index in [9.17, 15) is 0 Å². The molecular weight excluding hydrogens is 252 g/mol. The van der Waals surface area contributed by atoms with Crippen LogP contribution in [0.25, 0.3) is 21.8 Å². The van der Waals surface area contributed by atoms with Gasteiger partial charge in [0.15, 0.2) is 0 Å². The van der Waals surface area contributed by atoms with Gasteiger partial charge in [-0.15, -0.1) is 11.3 Å². The molecule has 3 aromatic rings. The van der Waals surface area contributed by atoms with Gasteiger partial charge in [0.05, 0.1) is 16.3 Å². The van der Waals surface area contributed by atoms with E-state index >= 15 is 0 Å². The van der Waals surface area contributed by atoms with E-state index in [0.717, 1.165) is 18.5 Å². The molecule has 0 radical (unpaired) electrons. The molecule has 0 amide bonds. The third kappa shape index (κ3) is 1.73. The second kappa shape index (κ2) is 4.35. The minimum Gasteiger partial charge on any atom is -0.276 e. The maximum atomic E-state index is 4.60. The fraction of sp³-hybridized carbons (Fsp3) is 0.188. The van der Waals surface area contributed by atoms with Gasteiger partial charge in [-0.2, -0.15) is 5.10 Å². The molecule has 1 aliphatic carbocycles. The fourth-order valence-corrected chi connectivity index (χ4v) is 3.63. The first-order valence-corrected chi connectivity index (χ1v) is 7.51. The van der Waals surface area contributed by atoms with Crippen LogP contribution in [0.2, 0.25) is 0 Å². The normalized spacial score (nSPS) is 13.7. The van der Waals surface area contributed by atoms with Crippen LogP contribution in [0.1, 0.15) is 17.5 Å². The quantitative estimate of drug-likeness (QED) is 0.699. The minimum atomic E-state index is 1.10. The average molecular weight is 266 g/mol. The number of aromatic amines is 1. The maximum absolute atomic E-state index is 4.60. The number of rotatable bonds is 1. The van der Waals surface area contributed by atoms with Crippen LogP contribution in [-0.4, -0.2) is 10.2 Å². The first-order chi connectivity index (χ1) is 9.43. The van der Waals surface area contributed by atoms with E-state index in [4.69, 9.17) is 0 Å². The second-order valence-corrected chi connectivity index (χ2v) is 5.86. The zero-order chi connectivity index (χ0) is 12.7. The second-order valence-electron chi connectivity index (χ2n) is 4.91. The van der Waals surface area contributed by atoms with Crippen molar-refractivity contribution < 1.29 is 0 Å². The predicted molar refractivity (Wildman–Crippen MR) is 79.4 cm³/mol. The molecule has 0 saturated carbocycles. The number of nitrogens with one attached hydrogen (secondary N) is 1. The van der Waals surface area contributed by atoms with E-state index < -0.39 is 0 Å². The van der Waals surface area contributed by atoms with Crippen molar-refractivity contribution in [1.82, 2.24) is 10.2 Å². The number of thiophene rings is 1. The number of H-pyrrole nitrogens is 1. The van der Waals surface area contributed by atoms with E-state index in [0.29, 0.717) is 0 Å². The Balaban J connectivity index is 1.94. The molecule has 0 spiro atoms. The first-order valence-electron chi connectivity index (χ1n) is 6.63. The summed E-state index contributed by atoms with van der Waals surface area (Å²) in [7, 11) is 0. The zero-order valence-corrected chi connectivity index (χ0v) is 11.3. The smallest absolute Gasteiger partial charge is 0.0962 e. The summed E-state index contributed by atoms with van der Waals surface area (Å²) < 4.78 is 0. The Bertz CT molecular complexity index is 710. The van der Waals surface area contributed by atoms with Crippen molar-refractivity contribution in [2.45, 2.75) is 19.3 Å². The standard InChI is InChI=1S/C16H14N2S/c1-2-7-12-11(5-1)6-3-8-13-15(12)17-18-16(13)14-9-4-10-19-14/h1-2,4-5,7,9-10H,3,6,8H2,(H,17,18). The number of nitrogens with zero attached hydrogens (tertiary/aromatic N) is 1. The Morgan fingerprint density at radius 3 is 2.89 bits per heavy atom. The molecule has 0 fully saturated rings. The van der Waals surface area contributed by atoms with E-state index in [2.05, 4.69) is 52.0 Å². The van der Waals surface area contributed by atoms with Crippen LogP contribution in [0.5, 0.6) is 0 Å². The van der Waals surface area contributed by atoms with Gasteiger partial charge in [-0.25, -0.2) is 0 Å². The molecule has 94 valence electrons. The molecule has 1 aliphatic rings. The lowest BCUT2D eigenvalue weighted by Gasteiger charge is -2.03. The lowest BCUT2D eigenvalue weighted by Crippen LogP contribution is -1.87. The zero-order valence-electron chi connectivity index (χ0n) is 10.5. The summed E-state index contributed by atoms with van der Waals surface area (Å²) >= 11 is 1.77.